The minimum absolute atomic E-state index is 0.000307. The molecule has 4 heterocycles. The molecule has 0 aliphatic carbocycles. The molecule has 5 amide bonds. The highest BCUT2D eigenvalue weighted by molar-refractivity contribution is 6.26. The molecule has 0 saturated carbocycles. The van der Waals surface area contributed by atoms with Gasteiger partial charge in [-0.25, -0.2) is 14.1 Å². The van der Waals surface area contributed by atoms with Gasteiger partial charge in [-0.3, -0.25) is 34.2 Å². The van der Waals surface area contributed by atoms with Crippen LogP contribution in [0.15, 0.2) is 36.5 Å². The highest BCUT2D eigenvalue weighted by Crippen LogP contribution is 2.32. The normalized spacial score (nSPS) is 17.3. The van der Waals surface area contributed by atoms with Crippen LogP contribution in [0.5, 0.6) is 0 Å². The minimum atomic E-state index is -1.11. The largest absolute Gasteiger partial charge is 0.324 e. The first-order valence-corrected chi connectivity index (χ1v) is 10.9. The van der Waals surface area contributed by atoms with Gasteiger partial charge in [0, 0.05) is 6.42 Å². The molecule has 182 valence electrons. The van der Waals surface area contributed by atoms with Crippen LogP contribution in [0.25, 0.3) is 11.4 Å². The topological polar surface area (TPSA) is 156 Å². The molecule has 5 rings (SSSR count). The standard InChI is InChI=1S/C23H18FN7O5/c1-11-13(24)5-6-14(25-11)16-9-30(29-28-16)10-19(33)26-15-4-2-3-12-20(15)23(36)31(22(12)35)17-7-8-18(32)27-21(17)34/h2-6,9,17H,7-8,10H2,1H3,(H,26,33)(H,27,32,34). The van der Waals surface area contributed by atoms with Crippen molar-refractivity contribution in [1.82, 2.24) is 30.2 Å². The second-order valence-corrected chi connectivity index (χ2v) is 8.29. The molecule has 3 aromatic rings. The Morgan fingerprint density at radius 1 is 1.14 bits per heavy atom. The van der Waals surface area contributed by atoms with Gasteiger partial charge in [0.1, 0.15) is 24.1 Å². The molecule has 2 aliphatic heterocycles. The van der Waals surface area contributed by atoms with E-state index in [0.717, 1.165) is 4.90 Å². The number of benzene rings is 1. The average molecular weight is 491 g/mol. The van der Waals surface area contributed by atoms with E-state index in [9.17, 15) is 28.4 Å². The summed E-state index contributed by atoms with van der Waals surface area (Å²) in [5, 5.41) is 12.6. The van der Waals surface area contributed by atoms with Crippen molar-refractivity contribution in [3.8, 4) is 11.4 Å². The van der Waals surface area contributed by atoms with Gasteiger partial charge in [0.05, 0.1) is 34.4 Å². The summed E-state index contributed by atoms with van der Waals surface area (Å²) in [5.41, 5.74) is 1.03. The third kappa shape index (κ3) is 4.00. The van der Waals surface area contributed by atoms with Crippen molar-refractivity contribution in [3.05, 3.63) is 59.2 Å². The lowest BCUT2D eigenvalue weighted by atomic mass is 10.0. The number of halogens is 1. The maximum Gasteiger partial charge on any atom is 0.264 e. The van der Waals surface area contributed by atoms with E-state index in [4.69, 9.17) is 0 Å². The molecule has 1 saturated heterocycles. The van der Waals surface area contributed by atoms with E-state index in [0.29, 0.717) is 11.4 Å². The van der Waals surface area contributed by atoms with Crippen LogP contribution in [-0.4, -0.2) is 60.5 Å². The highest BCUT2D eigenvalue weighted by atomic mass is 19.1. The number of imide groups is 2. The smallest absolute Gasteiger partial charge is 0.264 e. The maximum atomic E-state index is 13.5. The average Bonchev–Trinajstić information content (AvgIpc) is 3.39. The maximum absolute atomic E-state index is 13.5. The lowest BCUT2D eigenvalue weighted by molar-refractivity contribution is -0.136. The molecule has 0 bridgehead atoms. The number of aromatic nitrogens is 4. The van der Waals surface area contributed by atoms with Crippen LogP contribution in [0.3, 0.4) is 0 Å². The number of carbonyl (C=O) groups excluding carboxylic acids is 5. The Morgan fingerprint density at radius 2 is 1.94 bits per heavy atom. The van der Waals surface area contributed by atoms with Crippen molar-refractivity contribution in [2.45, 2.75) is 32.4 Å². The van der Waals surface area contributed by atoms with Gasteiger partial charge in [0.25, 0.3) is 11.8 Å². The van der Waals surface area contributed by atoms with Gasteiger partial charge in [0.2, 0.25) is 17.7 Å². The van der Waals surface area contributed by atoms with Crippen molar-refractivity contribution in [2.75, 3.05) is 5.32 Å². The van der Waals surface area contributed by atoms with Crippen LogP contribution in [0.2, 0.25) is 0 Å². The fourth-order valence-electron chi connectivity index (χ4n) is 4.14. The Bertz CT molecular complexity index is 1470. The number of hydrogen-bond acceptors (Lipinski definition) is 8. The second-order valence-electron chi connectivity index (χ2n) is 8.29. The summed E-state index contributed by atoms with van der Waals surface area (Å²) in [6, 6.07) is 5.99. The highest BCUT2D eigenvalue weighted by Gasteiger charge is 2.45. The number of carbonyl (C=O) groups is 5. The van der Waals surface area contributed by atoms with Crippen molar-refractivity contribution < 1.29 is 28.4 Å². The minimum Gasteiger partial charge on any atom is -0.324 e. The number of nitrogens with one attached hydrogen (secondary N) is 2. The van der Waals surface area contributed by atoms with E-state index >= 15 is 0 Å². The second kappa shape index (κ2) is 8.76. The number of fused-ring (bicyclic) bond motifs is 1. The molecule has 36 heavy (non-hydrogen) atoms. The van der Waals surface area contributed by atoms with E-state index < -0.39 is 41.4 Å². The van der Waals surface area contributed by atoms with E-state index in [1.54, 1.807) is 0 Å². The lowest BCUT2D eigenvalue weighted by Gasteiger charge is -2.27. The molecule has 2 N–H and O–H groups in total. The summed E-state index contributed by atoms with van der Waals surface area (Å²) in [6.07, 6.45) is 1.49. The number of piperidine rings is 1. The molecule has 13 heteroatoms. The van der Waals surface area contributed by atoms with Crippen LogP contribution in [0.1, 0.15) is 39.3 Å². The van der Waals surface area contributed by atoms with E-state index in [-0.39, 0.29) is 41.9 Å². The molecular weight excluding hydrogens is 473 g/mol. The third-order valence-electron chi connectivity index (χ3n) is 5.87. The van der Waals surface area contributed by atoms with Gasteiger partial charge in [-0.2, -0.15) is 0 Å². The predicted molar refractivity (Wildman–Crippen MR) is 120 cm³/mol. The first-order chi connectivity index (χ1) is 17.2. The Morgan fingerprint density at radius 3 is 2.69 bits per heavy atom. The summed E-state index contributed by atoms with van der Waals surface area (Å²) in [4.78, 5) is 67.4. The molecule has 12 nitrogen and oxygen atoms in total. The zero-order valence-electron chi connectivity index (χ0n) is 18.8. The van der Waals surface area contributed by atoms with Crippen LogP contribution in [0.4, 0.5) is 10.1 Å². The first kappa shape index (κ1) is 23.0. The van der Waals surface area contributed by atoms with Gasteiger partial charge < -0.3 is 5.32 Å². The van der Waals surface area contributed by atoms with E-state index in [2.05, 4.69) is 25.9 Å². The fraction of sp³-hybridized carbons (Fsp3) is 0.217. The van der Waals surface area contributed by atoms with Crippen LogP contribution in [-0.2, 0) is 20.9 Å². The van der Waals surface area contributed by atoms with Crippen molar-refractivity contribution in [2.24, 2.45) is 0 Å². The third-order valence-corrected chi connectivity index (χ3v) is 5.87. The van der Waals surface area contributed by atoms with Gasteiger partial charge >= 0.3 is 0 Å². The number of amides is 5. The van der Waals surface area contributed by atoms with Crippen molar-refractivity contribution in [3.63, 3.8) is 0 Å². The zero-order chi connectivity index (χ0) is 25.6. The van der Waals surface area contributed by atoms with Crippen LogP contribution >= 0.6 is 0 Å². The molecule has 1 aromatic carbocycles. The molecule has 1 atom stereocenters. The molecular formula is C23H18FN7O5. The number of pyridine rings is 1. The van der Waals surface area contributed by atoms with E-state index in [1.165, 1.54) is 48.1 Å². The molecule has 0 radical (unpaired) electrons. The number of hydrogen-bond donors (Lipinski definition) is 2. The lowest BCUT2D eigenvalue weighted by Crippen LogP contribution is -2.54. The monoisotopic (exact) mass is 491 g/mol. The van der Waals surface area contributed by atoms with Gasteiger partial charge in [-0.05, 0) is 37.6 Å². The van der Waals surface area contributed by atoms with Crippen LogP contribution < -0.4 is 10.6 Å². The summed E-state index contributed by atoms with van der Waals surface area (Å²) < 4.78 is 14.7. The number of aryl methyl sites for hydroxylation is 1. The predicted octanol–water partition coefficient (Wildman–Crippen LogP) is 0.828. The molecule has 1 unspecified atom stereocenters. The van der Waals surface area contributed by atoms with Gasteiger partial charge in [-0.15, -0.1) is 5.10 Å². The van der Waals surface area contributed by atoms with Crippen molar-refractivity contribution in [1.29, 1.82) is 0 Å². The van der Waals surface area contributed by atoms with Gasteiger partial charge in [-0.1, -0.05) is 11.3 Å². The zero-order valence-corrected chi connectivity index (χ0v) is 18.8. The molecule has 2 aromatic heterocycles. The quantitative estimate of drug-likeness (QED) is 0.497. The van der Waals surface area contributed by atoms with Crippen molar-refractivity contribution >= 4 is 35.2 Å². The number of anilines is 1. The Kier molecular flexibility index (Phi) is 5.59. The Labute approximate surface area is 202 Å². The molecule has 0 spiro atoms. The van der Waals surface area contributed by atoms with Crippen LogP contribution in [0, 0.1) is 12.7 Å². The molecule has 1 fully saturated rings. The number of nitrogens with zero attached hydrogens (tertiary/aromatic N) is 5. The van der Waals surface area contributed by atoms with Gasteiger partial charge in [0.15, 0.2) is 0 Å². The van der Waals surface area contributed by atoms with E-state index in [1.807, 2.05) is 0 Å². The summed E-state index contributed by atoms with van der Waals surface area (Å²) in [7, 11) is 0. The summed E-state index contributed by atoms with van der Waals surface area (Å²) >= 11 is 0. The first-order valence-electron chi connectivity index (χ1n) is 10.9. The molecule has 2 aliphatic rings. The fourth-order valence-corrected chi connectivity index (χ4v) is 4.14. The Balaban J connectivity index is 1.33. The number of rotatable bonds is 5. The summed E-state index contributed by atoms with van der Waals surface area (Å²) in [6.45, 7) is 1.25. The SMILES string of the molecule is Cc1nc(-c2cn(CC(=O)Nc3cccc4c3C(=O)N(C3CCC(=O)NC3=O)C4=O)nn2)ccc1F. The summed E-state index contributed by atoms with van der Waals surface area (Å²) in [5.74, 6) is -3.61. The Hall–Kier alpha value is -4.81.